The number of ether oxygens (including phenoxy) is 1. The Hall–Kier alpha value is -1.49. The highest BCUT2D eigenvalue weighted by atomic mass is 32.2. The molecule has 1 aromatic rings. The molecule has 18 heavy (non-hydrogen) atoms. The molecule has 0 saturated carbocycles. The van der Waals surface area contributed by atoms with Gasteiger partial charge in [-0.1, -0.05) is 12.1 Å². The van der Waals surface area contributed by atoms with Crippen molar-refractivity contribution >= 4 is 23.5 Å². The van der Waals surface area contributed by atoms with E-state index < -0.39 is 10.7 Å². The van der Waals surface area contributed by atoms with Gasteiger partial charge in [-0.15, -0.1) is 11.8 Å². The van der Waals surface area contributed by atoms with E-state index in [9.17, 15) is 9.59 Å². The number of methoxy groups -OCH3 is 1. The number of carboxylic acid groups (broad SMARTS) is 1. The van der Waals surface area contributed by atoms with E-state index in [-0.39, 0.29) is 11.5 Å². The Morgan fingerprint density at radius 3 is 2.61 bits per heavy atom. The predicted molar refractivity (Wildman–Crippen MR) is 71.5 cm³/mol. The molecule has 0 radical (unpaired) electrons. The molecule has 0 saturated heterocycles. The van der Waals surface area contributed by atoms with Gasteiger partial charge in [-0.25, -0.2) is 0 Å². The molecule has 0 heterocycles. The van der Waals surface area contributed by atoms with Crippen LogP contribution < -0.4 is 4.74 Å². The summed E-state index contributed by atoms with van der Waals surface area (Å²) >= 11 is 1.11. The lowest BCUT2D eigenvalue weighted by molar-refractivity contribution is -0.138. The minimum atomic E-state index is -0.964. The molecule has 1 rings (SSSR count). The van der Waals surface area contributed by atoms with Crippen molar-refractivity contribution in [1.29, 1.82) is 0 Å². The Morgan fingerprint density at radius 1 is 1.39 bits per heavy atom. The number of benzene rings is 1. The highest BCUT2D eigenvalue weighted by Gasteiger charge is 2.28. The van der Waals surface area contributed by atoms with E-state index in [0.29, 0.717) is 11.3 Å². The topological polar surface area (TPSA) is 63.6 Å². The molecule has 0 aromatic heterocycles. The highest BCUT2D eigenvalue weighted by Crippen LogP contribution is 2.25. The van der Waals surface area contributed by atoms with Crippen molar-refractivity contribution in [3.8, 4) is 5.75 Å². The lowest BCUT2D eigenvalue weighted by Crippen LogP contribution is -2.28. The molecule has 0 amide bonds. The van der Waals surface area contributed by atoms with Gasteiger partial charge < -0.3 is 9.84 Å². The zero-order valence-corrected chi connectivity index (χ0v) is 11.4. The number of thioether (sulfide) groups is 1. The Bertz CT molecular complexity index is 454. The van der Waals surface area contributed by atoms with Crippen LogP contribution in [0.2, 0.25) is 0 Å². The molecule has 98 valence electrons. The second-order valence-electron chi connectivity index (χ2n) is 4.26. The maximum absolute atomic E-state index is 11.9. The van der Waals surface area contributed by atoms with Crippen molar-refractivity contribution in [1.82, 2.24) is 0 Å². The summed E-state index contributed by atoms with van der Waals surface area (Å²) in [5.74, 6) is -0.283. The molecular weight excluding hydrogens is 252 g/mol. The fourth-order valence-electron chi connectivity index (χ4n) is 1.19. The molecule has 1 N–H and O–H groups in total. The number of carbonyl (C=O) groups excluding carboxylic acids is 1. The van der Waals surface area contributed by atoms with Crippen LogP contribution in [0.5, 0.6) is 5.75 Å². The van der Waals surface area contributed by atoms with Gasteiger partial charge in [-0.2, -0.15) is 0 Å². The molecular formula is C13H16O4S. The molecule has 0 aliphatic heterocycles. The van der Waals surface area contributed by atoms with Crippen LogP contribution in [-0.4, -0.2) is 34.5 Å². The fraction of sp³-hybridized carbons (Fsp3) is 0.385. The monoisotopic (exact) mass is 268 g/mol. The number of hydrogen-bond acceptors (Lipinski definition) is 4. The Morgan fingerprint density at radius 2 is 2.06 bits per heavy atom. The lowest BCUT2D eigenvalue weighted by Gasteiger charge is -2.17. The molecule has 1 aromatic carbocycles. The molecule has 4 nitrogen and oxygen atoms in total. The van der Waals surface area contributed by atoms with Gasteiger partial charge in [-0.3, -0.25) is 9.59 Å². The Balaban J connectivity index is 2.68. The van der Waals surface area contributed by atoms with E-state index in [1.807, 2.05) is 0 Å². The van der Waals surface area contributed by atoms with Crippen LogP contribution in [0.15, 0.2) is 24.3 Å². The third-order valence-electron chi connectivity index (χ3n) is 2.47. The average Bonchev–Trinajstić information content (AvgIpc) is 2.36. The van der Waals surface area contributed by atoms with Crippen LogP contribution in [-0.2, 0) is 4.79 Å². The van der Waals surface area contributed by atoms with Gasteiger partial charge in [0.25, 0.3) is 0 Å². The SMILES string of the molecule is COc1cccc(C(=O)CSC(C)(C)C(=O)O)c1. The quantitative estimate of drug-likeness (QED) is 0.803. The lowest BCUT2D eigenvalue weighted by atomic mass is 10.1. The third kappa shape index (κ3) is 3.77. The van der Waals surface area contributed by atoms with Gasteiger partial charge in [0, 0.05) is 5.56 Å². The van der Waals surface area contributed by atoms with Crippen molar-refractivity contribution in [2.24, 2.45) is 0 Å². The number of hydrogen-bond donors (Lipinski definition) is 1. The maximum Gasteiger partial charge on any atom is 0.319 e. The van der Waals surface area contributed by atoms with Crippen molar-refractivity contribution < 1.29 is 19.4 Å². The predicted octanol–water partition coefficient (Wildman–Crippen LogP) is 2.47. The van der Waals surface area contributed by atoms with Crippen LogP contribution in [0.3, 0.4) is 0 Å². The summed E-state index contributed by atoms with van der Waals surface area (Å²) in [7, 11) is 1.53. The van der Waals surface area contributed by atoms with Crippen molar-refractivity contribution in [2.45, 2.75) is 18.6 Å². The fourth-order valence-corrected chi connectivity index (χ4v) is 1.97. The van der Waals surface area contributed by atoms with Crippen molar-refractivity contribution in [3.63, 3.8) is 0 Å². The molecule has 0 aliphatic rings. The number of carboxylic acids is 1. The zero-order chi connectivity index (χ0) is 13.8. The third-order valence-corrected chi connectivity index (χ3v) is 3.77. The molecule has 0 spiro atoms. The first-order chi connectivity index (χ1) is 8.36. The summed E-state index contributed by atoms with van der Waals surface area (Å²) < 4.78 is 4.07. The summed E-state index contributed by atoms with van der Waals surface area (Å²) in [4.78, 5) is 22.8. The Labute approximate surface area is 110 Å². The largest absolute Gasteiger partial charge is 0.497 e. The van der Waals surface area contributed by atoms with Gasteiger partial charge >= 0.3 is 5.97 Å². The molecule has 0 bridgehead atoms. The zero-order valence-electron chi connectivity index (χ0n) is 10.6. The minimum absolute atomic E-state index is 0.103. The van der Waals surface area contributed by atoms with Gasteiger partial charge in [0.2, 0.25) is 0 Å². The average molecular weight is 268 g/mol. The van der Waals surface area contributed by atoms with E-state index in [1.165, 1.54) is 7.11 Å². The van der Waals surface area contributed by atoms with Gasteiger partial charge in [0.15, 0.2) is 5.78 Å². The smallest absolute Gasteiger partial charge is 0.319 e. The summed E-state index contributed by atoms with van der Waals surface area (Å²) in [6.07, 6.45) is 0. The van der Waals surface area contributed by atoms with Crippen molar-refractivity contribution in [2.75, 3.05) is 12.9 Å². The summed E-state index contributed by atoms with van der Waals surface area (Å²) in [5.41, 5.74) is 0.531. The number of aliphatic carboxylic acids is 1. The Kier molecular flexibility index (Phi) is 4.78. The molecule has 0 atom stereocenters. The van der Waals surface area contributed by atoms with Gasteiger partial charge in [0.1, 0.15) is 10.5 Å². The summed E-state index contributed by atoms with van der Waals surface area (Å²) in [5, 5.41) is 8.95. The summed E-state index contributed by atoms with van der Waals surface area (Å²) in [6, 6.07) is 6.83. The maximum atomic E-state index is 11.9. The number of Topliss-reactive ketones (excluding diaryl/α,β-unsaturated/α-hetero) is 1. The van der Waals surface area contributed by atoms with Gasteiger partial charge in [0.05, 0.1) is 12.9 Å². The second kappa shape index (κ2) is 5.91. The van der Waals surface area contributed by atoms with E-state index in [2.05, 4.69) is 0 Å². The number of carbonyl (C=O) groups is 2. The van der Waals surface area contributed by atoms with E-state index in [1.54, 1.807) is 38.1 Å². The molecule has 0 fully saturated rings. The first-order valence-corrected chi connectivity index (χ1v) is 6.40. The van der Waals surface area contributed by atoms with Gasteiger partial charge in [-0.05, 0) is 26.0 Å². The normalized spacial score (nSPS) is 11.1. The molecule has 0 aliphatic carbocycles. The number of rotatable bonds is 6. The van der Waals surface area contributed by atoms with Crippen LogP contribution in [0.1, 0.15) is 24.2 Å². The number of ketones is 1. The van der Waals surface area contributed by atoms with Crippen LogP contribution in [0.25, 0.3) is 0 Å². The molecule has 0 unspecified atom stereocenters. The highest BCUT2D eigenvalue weighted by molar-refractivity contribution is 8.02. The van der Waals surface area contributed by atoms with E-state index >= 15 is 0 Å². The standard InChI is InChI=1S/C13H16O4S/c1-13(2,12(15)16)18-8-11(14)9-5-4-6-10(7-9)17-3/h4-7H,8H2,1-3H3,(H,15,16). The minimum Gasteiger partial charge on any atom is -0.497 e. The summed E-state index contributed by atoms with van der Waals surface area (Å²) in [6.45, 7) is 3.16. The molecule has 5 heteroatoms. The van der Waals surface area contributed by atoms with Crippen LogP contribution >= 0.6 is 11.8 Å². The first kappa shape index (κ1) is 14.6. The van der Waals surface area contributed by atoms with Crippen molar-refractivity contribution in [3.05, 3.63) is 29.8 Å². The van der Waals surface area contributed by atoms with E-state index in [0.717, 1.165) is 11.8 Å². The van der Waals surface area contributed by atoms with Crippen LogP contribution in [0.4, 0.5) is 0 Å². The van der Waals surface area contributed by atoms with E-state index in [4.69, 9.17) is 9.84 Å². The van der Waals surface area contributed by atoms with Crippen LogP contribution in [0, 0.1) is 0 Å². The first-order valence-electron chi connectivity index (χ1n) is 5.41. The second-order valence-corrected chi connectivity index (χ2v) is 5.86.